The van der Waals surface area contributed by atoms with Crippen LogP contribution in [0.25, 0.3) is 0 Å². The zero-order valence-electron chi connectivity index (χ0n) is 18.6. The minimum Gasteiger partial charge on any atom is -0.357 e. The van der Waals surface area contributed by atoms with Crippen LogP contribution in [-0.2, 0) is 16.6 Å². The molecule has 0 unspecified atom stereocenters. The van der Waals surface area contributed by atoms with Crippen LogP contribution >= 0.6 is 0 Å². The van der Waals surface area contributed by atoms with E-state index in [-0.39, 0.29) is 11.6 Å². The number of guanidine groups is 1. The number of hydrogen-bond donors (Lipinski definition) is 3. The zero-order valence-corrected chi connectivity index (χ0v) is 19.4. The Bertz CT molecular complexity index is 810. The van der Waals surface area contributed by atoms with Gasteiger partial charge in [-0.2, -0.15) is 0 Å². The van der Waals surface area contributed by atoms with Gasteiger partial charge in [-0.3, -0.25) is 4.90 Å². The first-order valence-electron chi connectivity index (χ1n) is 11.2. The molecule has 1 saturated carbocycles. The van der Waals surface area contributed by atoms with Crippen molar-refractivity contribution >= 4 is 16.0 Å². The molecule has 0 amide bonds. The Labute approximate surface area is 181 Å². The van der Waals surface area contributed by atoms with Gasteiger partial charge in [0, 0.05) is 24.7 Å². The first-order valence-corrected chi connectivity index (χ1v) is 12.7. The van der Waals surface area contributed by atoms with Gasteiger partial charge in [0.25, 0.3) is 0 Å². The van der Waals surface area contributed by atoms with E-state index in [1.807, 2.05) is 12.1 Å². The van der Waals surface area contributed by atoms with E-state index < -0.39 is 10.0 Å². The van der Waals surface area contributed by atoms with Gasteiger partial charge < -0.3 is 10.6 Å². The second-order valence-corrected chi connectivity index (χ2v) is 10.7. The summed E-state index contributed by atoms with van der Waals surface area (Å²) in [5.41, 5.74) is 1.05. The molecule has 168 valence electrons. The van der Waals surface area contributed by atoms with Crippen LogP contribution in [0.15, 0.2) is 34.2 Å². The molecular formula is C22H37N5O2S. The second-order valence-electron chi connectivity index (χ2n) is 8.95. The van der Waals surface area contributed by atoms with Gasteiger partial charge in [0.15, 0.2) is 5.96 Å². The quantitative estimate of drug-likeness (QED) is 0.410. The third-order valence-corrected chi connectivity index (χ3v) is 7.33. The van der Waals surface area contributed by atoms with E-state index in [0.717, 1.165) is 50.5 Å². The van der Waals surface area contributed by atoms with Gasteiger partial charge in [-0.25, -0.2) is 18.1 Å². The standard InChI is InChI=1S/C22H37N5O2S/c1-4-23-21(25-17-22(2,3)27-14-6-5-7-15-27)24-16-18-8-12-20(13-9-18)30(28,29)26-19-10-11-19/h8-9,12-13,19,26H,4-7,10-11,14-17H2,1-3H3,(H2,23,24,25). The molecule has 0 atom stereocenters. The summed E-state index contributed by atoms with van der Waals surface area (Å²) < 4.78 is 27.3. The van der Waals surface area contributed by atoms with E-state index in [1.165, 1.54) is 19.3 Å². The van der Waals surface area contributed by atoms with Crippen LogP contribution in [0.1, 0.15) is 58.4 Å². The van der Waals surface area contributed by atoms with Crippen LogP contribution in [0, 0.1) is 0 Å². The van der Waals surface area contributed by atoms with Crippen molar-refractivity contribution in [2.75, 3.05) is 26.2 Å². The van der Waals surface area contributed by atoms with Crippen molar-refractivity contribution in [2.45, 2.75) is 75.9 Å². The molecule has 8 heteroatoms. The van der Waals surface area contributed by atoms with Gasteiger partial charge in [-0.15, -0.1) is 0 Å². The molecule has 1 heterocycles. The average molecular weight is 436 g/mol. The van der Waals surface area contributed by atoms with Crippen LogP contribution in [0.5, 0.6) is 0 Å². The highest BCUT2D eigenvalue weighted by atomic mass is 32.2. The lowest BCUT2D eigenvalue weighted by atomic mass is 9.98. The summed E-state index contributed by atoms with van der Waals surface area (Å²) >= 11 is 0. The molecule has 0 bridgehead atoms. The predicted octanol–water partition coefficient (Wildman–Crippen LogP) is 2.45. The molecule has 0 spiro atoms. The highest BCUT2D eigenvalue weighted by molar-refractivity contribution is 7.89. The van der Waals surface area contributed by atoms with Gasteiger partial charge >= 0.3 is 0 Å². The van der Waals surface area contributed by atoms with E-state index in [2.05, 4.69) is 41.0 Å². The Hall–Kier alpha value is -1.64. The zero-order chi connectivity index (χ0) is 21.6. The molecule has 1 saturated heterocycles. The fourth-order valence-electron chi connectivity index (χ4n) is 3.69. The monoisotopic (exact) mass is 435 g/mol. The van der Waals surface area contributed by atoms with Crippen LogP contribution in [0.2, 0.25) is 0 Å². The smallest absolute Gasteiger partial charge is 0.240 e. The molecule has 0 aromatic heterocycles. The van der Waals surface area contributed by atoms with E-state index >= 15 is 0 Å². The molecule has 1 aliphatic heterocycles. The molecule has 7 nitrogen and oxygen atoms in total. The number of likely N-dealkylation sites (tertiary alicyclic amines) is 1. The van der Waals surface area contributed by atoms with E-state index in [4.69, 9.17) is 4.99 Å². The number of piperidine rings is 1. The third-order valence-electron chi connectivity index (χ3n) is 5.80. The van der Waals surface area contributed by atoms with Crippen molar-refractivity contribution < 1.29 is 8.42 Å². The fraction of sp³-hybridized carbons (Fsp3) is 0.682. The lowest BCUT2D eigenvalue weighted by Gasteiger charge is -2.41. The molecule has 3 N–H and O–H groups in total. The summed E-state index contributed by atoms with van der Waals surface area (Å²) in [6.07, 6.45) is 5.75. The SMILES string of the molecule is CCNC(=NCc1ccc(S(=O)(=O)NC2CC2)cc1)NCC(C)(C)N1CCCCC1. The number of nitrogens with one attached hydrogen (secondary N) is 3. The predicted molar refractivity (Wildman–Crippen MR) is 122 cm³/mol. The minimum atomic E-state index is -3.40. The number of hydrogen-bond acceptors (Lipinski definition) is 4. The molecule has 1 aromatic carbocycles. The van der Waals surface area contributed by atoms with Gasteiger partial charge in [0.1, 0.15) is 0 Å². The van der Waals surface area contributed by atoms with Gasteiger partial charge in [0.2, 0.25) is 10.0 Å². The first kappa shape index (κ1) is 23.0. The Balaban J connectivity index is 1.57. The van der Waals surface area contributed by atoms with E-state index in [0.29, 0.717) is 11.4 Å². The summed E-state index contributed by atoms with van der Waals surface area (Å²) in [5.74, 6) is 0.787. The summed E-state index contributed by atoms with van der Waals surface area (Å²) in [4.78, 5) is 7.57. The second kappa shape index (κ2) is 10.1. The molecule has 2 aliphatic rings. The third kappa shape index (κ3) is 6.68. The summed E-state index contributed by atoms with van der Waals surface area (Å²) in [6.45, 7) is 11.0. The molecular weight excluding hydrogens is 398 g/mol. The Morgan fingerprint density at radius 1 is 1.10 bits per heavy atom. The largest absolute Gasteiger partial charge is 0.357 e. The minimum absolute atomic E-state index is 0.0706. The van der Waals surface area contributed by atoms with Crippen molar-refractivity contribution in [1.29, 1.82) is 0 Å². The number of benzene rings is 1. The van der Waals surface area contributed by atoms with E-state index in [9.17, 15) is 8.42 Å². The first-order chi connectivity index (χ1) is 14.3. The lowest BCUT2D eigenvalue weighted by molar-refractivity contribution is 0.0982. The van der Waals surface area contributed by atoms with Crippen molar-refractivity contribution in [1.82, 2.24) is 20.3 Å². The van der Waals surface area contributed by atoms with Crippen LogP contribution < -0.4 is 15.4 Å². The van der Waals surface area contributed by atoms with Gasteiger partial charge in [-0.05, 0) is 77.2 Å². The topological polar surface area (TPSA) is 85.8 Å². The van der Waals surface area contributed by atoms with Crippen molar-refractivity contribution in [2.24, 2.45) is 4.99 Å². The fourth-order valence-corrected chi connectivity index (χ4v) is 4.99. The highest BCUT2D eigenvalue weighted by Crippen LogP contribution is 2.22. The Morgan fingerprint density at radius 3 is 2.37 bits per heavy atom. The maximum absolute atomic E-state index is 12.3. The summed E-state index contributed by atoms with van der Waals surface area (Å²) in [7, 11) is -3.40. The molecule has 1 aromatic rings. The number of aliphatic imine (C=N–C) groups is 1. The summed E-state index contributed by atoms with van der Waals surface area (Å²) in [6, 6.07) is 7.12. The Kier molecular flexibility index (Phi) is 7.76. The number of nitrogens with zero attached hydrogens (tertiary/aromatic N) is 2. The van der Waals surface area contributed by atoms with Crippen LogP contribution in [-0.4, -0.2) is 57.0 Å². The van der Waals surface area contributed by atoms with Gasteiger partial charge in [0.05, 0.1) is 11.4 Å². The molecule has 0 radical (unpaired) electrons. The molecule has 2 fully saturated rings. The molecule has 3 rings (SSSR count). The number of sulfonamides is 1. The van der Waals surface area contributed by atoms with Crippen molar-refractivity contribution in [3.8, 4) is 0 Å². The van der Waals surface area contributed by atoms with Crippen molar-refractivity contribution in [3.05, 3.63) is 29.8 Å². The maximum atomic E-state index is 12.3. The Morgan fingerprint density at radius 2 is 1.77 bits per heavy atom. The molecule has 1 aliphatic carbocycles. The average Bonchev–Trinajstić information content (AvgIpc) is 3.54. The van der Waals surface area contributed by atoms with Crippen molar-refractivity contribution in [3.63, 3.8) is 0 Å². The maximum Gasteiger partial charge on any atom is 0.240 e. The molecule has 30 heavy (non-hydrogen) atoms. The normalized spacial score (nSPS) is 19.0. The summed E-state index contributed by atoms with van der Waals surface area (Å²) in [5, 5.41) is 6.79. The van der Waals surface area contributed by atoms with Crippen LogP contribution in [0.3, 0.4) is 0 Å². The van der Waals surface area contributed by atoms with Crippen LogP contribution in [0.4, 0.5) is 0 Å². The number of rotatable bonds is 9. The highest BCUT2D eigenvalue weighted by Gasteiger charge is 2.28. The van der Waals surface area contributed by atoms with Gasteiger partial charge in [-0.1, -0.05) is 18.6 Å². The lowest BCUT2D eigenvalue weighted by Crippen LogP contribution is -2.54. The van der Waals surface area contributed by atoms with E-state index in [1.54, 1.807) is 12.1 Å².